The molecule has 0 atom stereocenters. The molecule has 1 aliphatic heterocycles. The monoisotopic (exact) mass is 517 g/mol. The number of nitrogens with zero attached hydrogens (tertiary/aromatic N) is 5. The minimum absolute atomic E-state index is 0.0826. The second kappa shape index (κ2) is 11.4. The van der Waals surface area contributed by atoms with Gasteiger partial charge >= 0.3 is 0 Å². The summed E-state index contributed by atoms with van der Waals surface area (Å²) in [7, 11) is 0. The van der Waals surface area contributed by atoms with Gasteiger partial charge in [-0.15, -0.1) is 0 Å². The molecule has 2 amide bonds. The van der Waals surface area contributed by atoms with Gasteiger partial charge in [0.2, 0.25) is 5.91 Å². The van der Waals surface area contributed by atoms with Crippen molar-refractivity contribution in [2.24, 2.45) is 5.92 Å². The number of carbonyl (C=O) groups excluding carboxylic acids is 2. The van der Waals surface area contributed by atoms with E-state index in [0.717, 1.165) is 43.6 Å². The third-order valence-electron chi connectivity index (χ3n) is 7.11. The van der Waals surface area contributed by atoms with Gasteiger partial charge in [0.05, 0.1) is 16.9 Å². The average Bonchev–Trinajstić information content (AvgIpc) is 3.75. The number of carbonyl (C=O) groups is 2. The molecule has 0 spiro atoms. The number of benzene rings is 2. The van der Waals surface area contributed by atoms with E-state index in [9.17, 15) is 9.59 Å². The molecule has 1 saturated carbocycles. The number of hydrogen-bond donors (Lipinski definition) is 0. The summed E-state index contributed by atoms with van der Waals surface area (Å²) in [5.74, 6) is 0.125. The standard InChI is InChI=1S/C29H32ClN5O2/c1-21-26(17-31-20-32-21)29(37)34-15-14-33(18-22-6-3-2-4-7-22)12-5-13-35(28(36)23-8-9-23)27-16-25(30)11-10-24(27)19-34/h2-4,6-7,10-11,16-17,20,23H,5,8-9,12-15,18-19H2,1H3. The molecule has 7 nitrogen and oxygen atoms in total. The second-order valence-corrected chi connectivity index (χ2v) is 10.3. The van der Waals surface area contributed by atoms with Crippen molar-refractivity contribution in [2.45, 2.75) is 39.3 Å². The number of aryl methyl sites for hydroxylation is 1. The van der Waals surface area contributed by atoms with Gasteiger partial charge in [0.1, 0.15) is 6.33 Å². The number of fused-ring (bicyclic) bond motifs is 1. The molecule has 1 aromatic heterocycles. The van der Waals surface area contributed by atoms with Gasteiger partial charge in [-0.2, -0.15) is 0 Å². The molecule has 0 unspecified atom stereocenters. The lowest BCUT2D eigenvalue weighted by atomic mass is 10.1. The molecule has 1 fully saturated rings. The summed E-state index contributed by atoms with van der Waals surface area (Å²) >= 11 is 6.43. The minimum atomic E-state index is -0.113. The van der Waals surface area contributed by atoms with Gasteiger partial charge in [0.25, 0.3) is 5.91 Å². The fraction of sp³-hybridized carbons (Fsp3) is 0.379. The van der Waals surface area contributed by atoms with Gasteiger partial charge < -0.3 is 9.80 Å². The van der Waals surface area contributed by atoms with E-state index in [-0.39, 0.29) is 17.7 Å². The Morgan fingerprint density at radius 2 is 1.84 bits per heavy atom. The van der Waals surface area contributed by atoms with E-state index in [1.54, 1.807) is 6.20 Å². The zero-order valence-corrected chi connectivity index (χ0v) is 21.9. The summed E-state index contributed by atoms with van der Waals surface area (Å²) in [5.41, 5.74) is 4.09. The van der Waals surface area contributed by atoms with Crippen LogP contribution < -0.4 is 4.90 Å². The van der Waals surface area contributed by atoms with Gasteiger partial charge in [-0.1, -0.05) is 48.0 Å². The molecule has 5 rings (SSSR count). The van der Waals surface area contributed by atoms with E-state index in [4.69, 9.17) is 11.6 Å². The highest BCUT2D eigenvalue weighted by molar-refractivity contribution is 6.31. The van der Waals surface area contributed by atoms with Crippen molar-refractivity contribution < 1.29 is 9.59 Å². The highest BCUT2D eigenvalue weighted by atomic mass is 35.5. The van der Waals surface area contributed by atoms with E-state index in [2.05, 4.69) is 27.0 Å². The average molecular weight is 518 g/mol. The van der Waals surface area contributed by atoms with E-state index < -0.39 is 0 Å². The molecule has 0 N–H and O–H groups in total. The Balaban J connectivity index is 1.50. The smallest absolute Gasteiger partial charge is 0.257 e. The number of anilines is 1. The Kier molecular flexibility index (Phi) is 7.82. The quantitative estimate of drug-likeness (QED) is 0.500. The molecule has 192 valence electrons. The summed E-state index contributed by atoms with van der Waals surface area (Å²) < 4.78 is 0. The number of halogens is 1. The zero-order chi connectivity index (χ0) is 25.8. The molecule has 0 radical (unpaired) electrons. The van der Waals surface area contributed by atoms with Crippen LogP contribution in [-0.2, 0) is 17.9 Å². The van der Waals surface area contributed by atoms with Crippen molar-refractivity contribution in [1.82, 2.24) is 19.8 Å². The van der Waals surface area contributed by atoms with Crippen molar-refractivity contribution >= 4 is 29.1 Å². The summed E-state index contributed by atoms with van der Waals surface area (Å²) in [6.07, 6.45) is 5.74. The molecule has 37 heavy (non-hydrogen) atoms. The van der Waals surface area contributed by atoms with Crippen molar-refractivity contribution in [3.8, 4) is 0 Å². The normalized spacial score (nSPS) is 17.1. The van der Waals surface area contributed by atoms with Crippen LogP contribution >= 0.6 is 11.6 Å². The van der Waals surface area contributed by atoms with Gasteiger partial charge in [0.15, 0.2) is 0 Å². The van der Waals surface area contributed by atoms with E-state index in [0.29, 0.717) is 42.5 Å². The number of hydrogen-bond acceptors (Lipinski definition) is 5. The topological polar surface area (TPSA) is 69.6 Å². The van der Waals surface area contributed by atoms with Crippen LogP contribution in [0, 0.1) is 12.8 Å². The van der Waals surface area contributed by atoms with Crippen molar-refractivity contribution in [2.75, 3.05) is 31.1 Å². The lowest BCUT2D eigenvalue weighted by molar-refractivity contribution is -0.119. The van der Waals surface area contributed by atoms with Crippen LogP contribution in [0.15, 0.2) is 61.1 Å². The van der Waals surface area contributed by atoms with Gasteiger partial charge in [-0.3, -0.25) is 14.5 Å². The Bertz CT molecular complexity index is 1260. The molecular formula is C29H32ClN5O2. The lowest BCUT2D eigenvalue weighted by Gasteiger charge is -2.28. The Hall–Kier alpha value is -3.29. The van der Waals surface area contributed by atoms with Gasteiger partial charge in [-0.05, 0) is 49.4 Å². The summed E-state index contributed by atoms with van der Waals surface area (Å²) in [5, 5.41) is 0.582. The molecule has 2 aromatic carbocycles. The SMILES string of the molecule is Cc1ncncc1C(=O)N1CCN(Cc2ccccc2)CCCN(C(=O)C2CC2)c2cc(Cl)ccc2C1. The Morgan fingerprint density at radius 1 is 1.03 bits per heavy atom. The maximum absolute atomic E-state index is 13.8. The lowest BCUT2D eigenvalue weighted by Crippen LogP contribution is -2.39. The molecule has 1 aliphatic carbocycles. The Labute approximate surface area is 223 Å². The maximum atomic E-state index is 13.8. The van der Waals surface area contributed by atoms with Crippen LogP contribution in [0.4, 0.5) is 5.69 Å². The first-order valence-corrected chi connectivity index (χ1v) is 13.3. The van der Waals surface area contributed by atoms with Gasteiger partial charge in [-0.25, -0.2) is 9.97 Å². The highest BCUT2D eigenvalue weighted by Crippen LogP contribution is 2.35. The molecule has 8 heteroatoms. The van der Waals surface area contributed by atoms with Crippen LogP contribution in [-0.4, -0.2) is 57.8 Å². The van der Waals surface area contributed by atoms with Crippen LogP contribution in [0.1, 0.15) is 46.4 Å². The van der Waals surface area contributed by atoms with Crippen LogP contribution in [0.5, 0.6) is 0 Å². The first kappa shape index (κ1) is 25.4. The van der Waals surface area contributed by atoms with E-state index >= 15 is 0 Å². The van der Waals surface area contributed by atoms with Gasteiger partial charge in [0, 0.05) is 56.4 Å². The molecule has 0 saturated heterocycles. The first-order valence-electron chi connectivity index (χ1n) is 12.9. The minimum Gasteiger partial charge on any atom is -0.333 e. The van der Waals surface area contributed by atoms with Crippen molar-refractivity contribution in [3.63, 3.8) is 0 Å². The summed E-state index contributed by atoms with van der Waals surface area (Å²) in [4.78, 5) is 41.6. The largest absolute Gasteiger partial charge is 0.333 e. The molecule has 2 heterocycles. The first-order chi connectivity index (χ1) is 18.0. The molecule has 0 bridgehead atoms. The number of rotatable bonds is 4. The number of amides is 2. The van der Waals surface area contributed by atoms with Crippen LogP contribution in [0.2, 0.25) is 5.02 Å². The summed E-state index contributed by atoms with van der Waals surface area (Å²) in [6.45, 7) is 5.67. The number of aromatic nitrogens is 2. The molecule has 3 aromatic rings. The van der Waals surface area contributed by atoms with Crippen LogP contribution in [0.3, 0.4) is 0 Å². The fourth-order valence-corrected chi connectivity index (χ4v) is 5.04. The van der Waals surface area contributed by atoms with E-state index in [1.165, 1.54) is 11.9 Å². The fourth-order valence-electron chi connectivity index (χ4n) is 4.88. The summed E-state index contributed by atoms with van der Waals surface area (Å²) in [6, 6.07) is 16.0. The molecule has 2 aliphatic rings. The second-order valence-electron chi connectivity index (χ2n) is 9.90. The third-order valence-corrected chi connectivity index (χ3v) is 7.35. The van der Waals surface area contributed by atoms with Crippen LogP contribution in [0.25, 0.3) is 0 Å². The zero-order valence-electron chi connectivity index (χ0n) is 21.1. The van der Waals surface area contributed by atoms with Crippen molar-refractivity contribution in [3.05, 3.63) is 88.5 Å². The van der Waals surface area contributed by atoms with Crippen molar-refractivity contribution in [1.29, 1.82) is 0 Å². The molecular weight excluding hydrogens is 486 g/mol. The predicted octanol–water partition coefficient (Wildman–Crippen LogP) is 4.73. The predicted molar refractivity (Wildman–Crippen MR) is 144 cm³/mol. The highest BCUT2D eigenvalue weighted by Gasteiger charge is 2.35. The third kappa shape index (κ3) is 6.17. The Morgan fingerprint density at radius 3 is 2.59 bits per heavy atom. The maximum Gasteiger partial charge on any atom is 0.257 e. The van der Waals surface area contributed by atoms with E-state index in [1.807, 2.05) is 53.1 Å².